The average molecular weight is 300 g/mol. The van der Waals surface area contributed by atoms with Gasteiger partial charge in [0.25, 0.3) is 0 Å². The molecule has 4 heteroatoms. The van der Waals surface area contributed by atoms with E-state index >= 15 is 0 Å². The summed E-state index contributed by atoms with van der Waals surface area (Å²) in [5.74, 6) is 0.534. The Morgan fingerprint density at radius 2 is 1.59 bits per heavy atom. The highest BCUT2D eigenvalue weighted by Gasteiger charge is 2.20. The van der Waals surface area contributed by atoms with Crippen molar-refractivity contribution < 1.29 is 19.4 Å². The normalized spacial score (nSPS) is 12.1. The summed E-state index contributed by atoms with van der Waals surface area (Å²) in [6.45, 7) is 3.65. The fourth-order valence-corrected chi connectivity index (χ4v) is 2.05. The summed E-state index contributed by atoms with van der Waals surface area (Å²) >= 11 is 0. The highest BCUT2D eigenvalue weighted by molar-refractivity contribution is 5.72. The summed E-state index contributed by atoms with van der Waals surface area (Å²) < 4.78 is 11.1. The molecule has 0 aliphatic rings. The van der Waals surface area contributed by atoms with E-state index in [1.165, 1.54) is 0 Å². The first-order valence-electron chi connectivity index (χ1n) is 7.24. The standard InChI is InChI=1S/C18H20O4/c1-13(2)21-17(18(19)20)12-14-8-10-16(11-9-14)22-15-6-4-3-5-7-15/h3-11,13,17H,12H2,1-2H3,(H,19,20). The second-order valence-corrected chi connectivity index (χ2v) is 5.27. The van der Waals surface area contributed by atoms with Gasteiger partial charge in [0.05, 0.1) is 6.10 Å². The Hall–Kier alpha value is -2.33. The second kappa shape index (κ2) is 7.61. The van der Waals surface area contributed by atoms with E-state index in [9.17, 15) is 9.90 Å². The average Bonchev–Trinajstić information content (AvgIpc) is 2.49. The molecule has 4 nitrogen and oxygen atoms in total. The van der Waals surface area contributed by atoms with Gasteiger partial charge in [-0.05, 0) is 43.7 Å². The van der Waals surface area contributed by atoms with E-state index in [-0.39, 0.29) is 6.10 Å². The maximum Gasteiger partial charge on any atom is 0.333 e. The third kappa shape index (κ3) is 4.90. The van der Waals surface area contributed by atoms with Crippen LogP contribution >= 0.6 is 0 Å². The van der Waals surface area contributed by atoms with Crippen molar-refractivity contribution in [3.05, 3.63) is 60.2 Å². The molecule has 1 unspecified atom stereocenters. The molecule has 1 atom stereocenters. The lowest BCUT2D eigenvalue weighted by atomic mass is 10.1. The first-order chi connectivity index (χ1) is 10.5. The van der Waals surface area contributed by atoms with Crippen molar-refractivity contribution in [1.29, 1.82) is 0 Å². The van der Waals surface area contributed by atoms with Crippen LogP contribution in [0.1, 0.15) is 19.4 Å². The molecule has 0 aromatic heterocycles. The lowest BCUT2D eigenvalue weighted by Gasteiger charge is -2.16. The van der Waals surface area contributed by atoms with Crippen molar-refractivity contribution in [3.8, 4) is 11.5 Å². The monoisotopic (exact) mass is 300 g/mol. The molecular formula is C18H20O4. The molecule has 0 amide bonds. The Kier molecular flexibility index (Phi) is 5.55. The number of aliphatic carboxylic acids is 1. The molecule has 0 aliphatic heterocycles. The van der Waals surface area contributed by atoms with Gasteiger partial charge in [0.15, 0.2) is 6.10 Å². The predicted octanol–water partition coefficient (Wildman–Crippen LogP) is 3.90. The molecule has 0 bridgehead atoms. The molecule has 2 aromatic carbocycles. The SMILES string of the molecule is CC(C)OC(Cc1ccc(Oc2ccccc2)cc1)C(=O)O. The number of ether oxygens (including phenoxy) is 2. The van der Waals surface area contributed by atoms with Gasteiger partial charge in [-0.25, -0.2) is 4.79 Å². The summed E-state index contributed by atoms with van der Waals surface area (Å²) in [4.78, 5) is 11.2. The molecule has 0 aliphatic carbocycles. The smallest absolute Gasteiger partial charge is 0.333 e. The van der Waals surface area contributed by atoms with E-state index in [1.54, 1.807) is 0 Å². The van der Waals surface area contributed by atoms with Crippen LogP contribution in [0.15, 0.2) is 54.6 Å². The van der Waals surface area contributed by atoms with E-state index in [1.807, 2.05) is 68.4 Å². The highest BCUT2D eigenvalue weighted by Crippen LogP contribution is 2.21. The zero-order valence-electron chi connectivity index (χ0n) is 12.7. The molecule has 1 N–H and O–H groups in total. The van der Waals surface area contributed by atoms with Crippen LogP contribution in [0.4, 0.5) is 0 Å². The number of carboxylic acids is 1. The van der Waals surface area contributed by atoms with Crippen molar-refractivity contribution >= 4 is 5.97 Å². The Labute approximate surface area is 130 Å². The van der Waals surface area contributed by atoms with Crippen LogP contribution in [0, 0.1) is 0 Å². The van der Waals surface area contributed by atoms with Gasteiger partial charge in [-0.1, -0.05) is 30.3 Å². The summed E-state index contributed by atoms with van der Waals surface area (Å²) in [6.07, 6.45) is -0.623. The Morgan fingerprint density at radius 3 is 2.14 bits per heavy atom. The fourth-order valence-electron chi connectivity index (χ4n) is 2.05. The first kappa shape index (κ1) is 16.0. The van der Waals surface area contributed by atoms with E-state index in [2.05, 4.69) is 0 Å². The number of benzene rings is 2. The largest absolute Gasteiger partial charge is 0.479 e. The maximum atomic E-state index is 11.2. The molecule has 22 heavy (non-hydrogen) atoms. The number of hydrogen-bond acceptors (Lipinski definition) is 3. The van der Waals surface area contributed by atoms with Crippen LogP contribution < -0.4 is 4.74 Å². The van der Waals surface area contributed by atoms with Crippen molar-refractivity contribution in [1.82, 2.24) is 0 Å². The van der Waals surface area contributed by atoms with Crippen molar-refractivity contribution in [2.45, 2.75) is 32.5 Å². The number of para-hydroxylation sites is 1. The zero-order valence-corrected chi connectivity index (χ0v) is 12.7. The van der Waals surface area contributed by atoms with Crippen LogP contribution in [0.5, 0.6) is 11.5 Å². The maximum absolute atomic E-state index is 11.2. The number of carboxylic acid groups (broad SMARTS) is 1. The molecule has 0 spiro atoms. The minimum Gasteiger partial charge on any atom is -0.479 e. The van der Waals surface area contributed by atoms with E-state index < -0.39 is 12.1 Å². The van der Waals surface area contributed by atoms with E-state index in [4.69, 9.17) is 9.47 Å². The van der Waals surface area contributed by atoms with Gasteiger partial charge in [0.1, 0.15) is 11.5 Å². The third-order valence-corrected chi connectivity index (χ3v) is 3.04. The van der Waals surface area contributed by atoms with Crippen LogP contribution in [0.25, 0.3) is 0 Å². The summed E-state index contributed by atoms with van der Waals surface area (Å²) in [7, 11) is 0. The summed E-state index contributed by atoms with van der Waals surface area (Å²) in [6, 6.07) is 16.9. The molecule has 0 fully saturated rings. The van der Waals surface area contributed by atoms with E-state index in [0.29, 0.717) is 12.2 Å². The predicted molar refractivity (Wildman–Crippen MR) is 84.3 cm³/mol. The fraction of sp³-hybridized carbons (Fsp3) is 0.278. The number of rotatable bonds is 7. The molecule has 0 heterocycles. The van der Waals surface area contributed by atoms with Gasteiger partial charge in [-0.3, -0.25) is 0 Å². The molecule has 2 rings (SSSR count). The Bertz CT molecular complexity index is 590. The molecule has 2 aromatic rings. The van der Waals surface area contributed by atoms with Crippen LogP contribution in [0.3, 0.4) is 0 Å². The summed E-state index contributed by atoms with van der Waals surface area (Å²) in [5, 5.41) is 9.18. The number of hydrogen-bond donors (Lipinski definition) is 1. The Balaban J connectivity index is 2.00. The zero-order chi connectivity index (χ0) is 15.9. The molecule has 0 saturated heterocycles. The van der Waals surface area contributed by atoms with Crippen molar-refractivity contribution in [2.75, 3.05) is 0 Å². The number of carbonyl (C=O) groups is 1. The minimum absolute atomic E-state index is 0.123. The van der Waals surface area contributed by atoms with Gasteiger partial charge in [-0.15, -0.1) is 0 Å². The lowest BCUT2D eigenvalue weighted by molar-refractivity contribution is -0.153. The topological polar surface area (TPSA) is 55.8 Å². The summed E-state index contributed by atoms with van der Waals surface area (Å²) in [5.41, 5.74) is 0.897. The molecule has 0 saturated carbocycles. The minimum atomic E-state index is -0.946. The van der Waals surface area contributed by atoms with Crippen LogP contribution in [-0.2, 0) is 16.0 Å². The highest BCUT2D eigenvalue weighted by atomic mass is 16.5. The lowest BCUT2D eigenvalue weighted by Crippen LogP contribution is -2.29. The Morgan fingerprint density at radius 1 is 1.00 bits per heavy atom. The van der Waals surface area contributed by atoms with Crippen LogP contribution in [0.2, 0.25) is 0 Å². The molecule has 116 valence electrons. The van der Waals surface area contributed by atoms with Crippen LogP contribution in [-0.4, -0.2) is 23.3 Å². The van der Waals surface area contributed by atoms with Crippen molar-refractivity contribution in [2.24, 2.45) is 0 Å². The molecular weight excluding hydrogens is 280 g/mol. The van der Waals surface area contributed by atoms with Gasteiger partial charge < -0.3 is 14.6 Å². The second-order valence-electron chi connectivity index (χ2n) is 5.27. The quantitative estimate of drug-likeness (QED) is 0.842. The third-order valence-electron chi connectivity index (χ3n) is 3.04. The van der Waals surface area contributed by atoms with Crippen molar-refractivity contribution in [3.63, 3.8) is 0 Å². The molecule has 0 radical (unpaired) electrons. The van der Waals surface area contributed by atoms with E-state index in [0.717, 1.165) is 11.3 Å². The van der Waals surface area contributed by atoms with Gasteiger partial charge in [-0.2, -0.15) is 0 Å². The van der Waals surface area contributed by atoms with Gasteiger partial charge in [0, 0.05) is 6.42 Å². The first-order valence-corrected chi connectivity index (χ1v) is 7.24. The van der Waals surface area contributed by atoms with Gasteiger partial charge >= 0.3 is 5.97 Å². The van der Waals surface area contributed by atoms with Gasteiger partial charge in [0.2, 0.25) is 0 Å².